The number of nitriles is 1. The van der Waals surface area contributed by atoms with E-state index in [-0.39, 0.29) is 22.8 Å². The normalized spacial score (nSPS) is 20.1. The van der Waals surface area contributed by atoms with Gasteiger partial charge in [-0.2, -0.15) is 5.26 Å². The van der Waals surface area contributed by atoms with Crippen LogP contribution in [0.3, 0.4) is 0 Å². The maximum atomic E-state index is 13.6. The maximum Gasteiger partial charge on any atom is 0.257 e. The number of fused-ring (bicyclic) bond motifs is 6. The number of nitrogens with two attached hydrogens (primary N) is 1. The third-order valence-corrected chi connectivity index (χ3v) is 5.49. The standard InChI is InChI=1S/C21H14N4O3/c1-25-15-9-5-3-7-12(15)21(20(25)27)13(10-22)18(23)28-17-11-6-2-4-8-14(11)24-19(26)16(17)21/h2-9H,23H2,1H3,(H,24,26)/t21-/m0/s1. The third-order valence-electron chi connectivity index (χ3n) is 5.49. The predicted molar refractivity (Wildman–Crippen MR) is 103 cm³/mol. The number of nitrogens with zero attached hydrogens (tertiary/aromatic N) is 2. The van der Waals surface area contributed by atoms with Crippen molar-refractivity contribution in [2.75, 3.05) is 11.9 Å². The maximum absolute atomic E-state index is 13.6. The van der Waals surface area contributed by atoms with E-state index in [1.807, 2.05) is 6.07 Å². The van der Waals surface area contributed by atoms with Crippen LogP contribution in [0.15, 0.2) is 64.8 Å². The van der Waals surface area contributed by atoms with Gasteiger partial charge in [0.2, 0.25) is 11.8 Å². The van der Waals surface area contributed by atoms with E-state index in [2.05, 4.69) is 4.98 Å². The van der Waals surface area contributed by atoms with Gasteiger partial charge in [0.1, 0.15) is 17.4 Å². The zero-order valence-electron chi connectivity index (χ0n) is 14.8. The molecular formula is C21H14N4O3. The molecule has 3 N–H and O–H groups in total. The zero-order chi connectivity index (χ0) is 19.6. The highest BCUT2D eigenvalue weighted by atomic mass is 16.5. The Hall–Kier alpha value is -4.05. The highest BCUT2D eigenvalue weighted by Gasteiger charge is 2.60. The fourth-order valence-corrected chi connectivity index (χ4v) is 4.31. The number of likely N-dealkylation sites (N-methyl/N-ethyl adjacent to an activating group) is 1. The van der Waals surface area contributed by atoms with Crippen LogP contribution in [-0.2, 0) is 10.2 Å². The van der Waals surface area contributed by atoms with E-state index in [4.69, 9.17) is 10.5 Å². The van der Waals surface area contributed by atoms with Crippen molar-refractivity contribution in [1.29, 1.82) is 5.26 Å². The molecule has 5 rings (SSSR count). The van der Waals surface area contributed by atoms with Crippen LogP contribution in [0.2, 0.25) is 0 Å². The SMILES string of the molecule is CN1C(=O)[C@]2(C(C#N)=C(N)Oc3c2c(=O)[nH]c2ccccc32)c2ccccc21. The van der Waals surface area contributed by atoms with Crippen molar-refractivity contribution in [3.05, 3.63) is 81.5 Å². The second-order valence-corrected chi connectivity index (χ2v) is 6.79. The lowest BCUT2D eigenvalue weighted by Crippen LogP contribution is -2.48. The molecule has 136 valence electrons. The number of H-pyrrole nitrogens is 1. The molecule has 3 heterocycles. The number of amides is 1. The van der Waals surface area contributed by atoms with Gasteiger partial charge in [0.25, 0.3) is 5.56 Å². The van der Waals surface area contributed by atoms with Crippen LogP contribution in [0.5, 0.6) is 5.75 Å². The lowest BCUT2D eigenvalue weighted by atomic mass is 9.69. The van der Waals surface area contributed by atoms with Crippen molar-refractivity contribution in [3.8, 4) is 11.8 Å². The molecule has 1 spiro atoms. The van der Waals surface area contributed by atoms with Gasteiger partial charge in [0, 0.05) is 23.7 Å². The van der Waals surface area contributed by atoms with E-state index < -0.39 is 16.9 Å². The second kappa shape index (κ2) is 5.24. The summed E-state index contributed by atoms with van der Waals surface area (Å²) in [5.41, 5.74) is 5.69. The Morgan fingerprint density at radius 3 is 2.64 bits per heavy atom. The number of nitrogens with one attached hydrogen (secondary N) is 1. The first-order chi connectivity index (χ1) is 13.5. The average Bonchev–Trinajstić information content (AvgIpc) is 2.91. The highest BCUT2D eigenvalue weighted by Crippen LogP contribution is 2.54. The van der Waals surface area contributed by atoms with Crippen LogP contribution in [0, 0.1) is 11.3 Å². The Balaban J connectivity index is 2.04. The van der Waals surface area contributed by atoms with Crippen molar-refractivity contribution >= 4 is 22.5 Å². The molecule has 28 heavy (non-hydrogen) atoms. The molecule has 0 unspecified atom stereocenters. The fourth-order valence-electron chi connectivity index (χ4n) is 4.31. The lowest BCUT2D eigenvalue weighted by molar-refractivity contribution is -0.120. The Morgan fingerprint density at radius 1 is 1.14 bits per heavy atom. The molecule has 1 amide bonds. The number of hydrogen-bond acceptors (Lipinski definition) is 5. The Kier molecular flexibility index (Phi) is 3.02. The van der Waals surface area contributed by atoms with Crippen LogP contribution in [0.1, 0.15) is 11.1 Å². The Bertz CT molecular complexity index is 1330. The summed E-state index contributed by atoms with van der Waals surface area (Å²) in [7, 11) is 1.62. The molecule has 0 bridgehead atoms. The number of aromatic amines is 1. The minimum absolute atomic E-state index is 0.0809. The summed E-state index contributed by atoms with van der Waals surface area (Å²) in [6.45, 7) is 0. The molecule has 0 aliphatic carbocycles. The molecule has 0 radical (unpaired) electrons. The van der Waals surface area contributed by atoms with Crippen molar-refractivity contribution in [3.63, 3.8) is 0 Å². The Morgan fingerprint density at radius 2 is 1.86 bits per heavy atom. The predicted octanol–water partition coefficient (Wildman–Crippen LogP) is 1.88. The van der Waals surface area contributed by atoms with Gasteiger partial charge in [0.15, 0.2) is 5.41 Å². The number of pyridine rings is 1. The quantitative estimate of drug-likeness (QED) is 0.627. The molecule has 0 saturated carbocycles. The van der Waals surface area contributed by atoms with Gasteiger partial charge in [-0.05, 0) is 18.2 Å². The van der Waals surface area contributed by atoms with E-state index in [1.165, 1.54) is 4.90 Å². The number of rotatable bonds is 0. The monoisotopic (exact) mass is 370 g/mol. The van der Waals surface area contributed by atoms with E-state index in [1.54, 1.807) is 55.6 Å². The number of carbonyl (C=O) groups excluding carboxylic acids is 1. The second-order valence-electron chi connectivity index (χ2n) is 6.79. The number of hydrogen-bond donors (Lipinski definition) is 2. The summed E-state index contributed by atoms with van der Waals surface area (Å²) in [4.78, 5) is 31.0. The van der Waals surface area contributed by atoms with E-state index in [0.29, 0.717) is 22.2 Å². The largest absolute Gasteiger partial charge is 0.439 e. The minimum Gasteiger partial charge on any atom is -0.439 e. The summed E-state index contributed by atoms with van der Waals surface area (Å²) in [6, 6.07) is 16.2. The highest BCUT2D eigenvalue weighted by molar-refractivity contribution is 6.14. The molecule has 1 atom stereocenters. The first-order valence-electron chi connectivity index (χ1n) is 8.63. The summed E-state index contributed by atoms with van der Waals surface area (Å²) in [5.74, 6) is -0.392. The van der Waals surface area contributed by atoms with Crippen LogP contribution in [0.25, 0.3) is 10.9 Å². The number of ether oxygens (including phenoxy) is 1. The average molecular weight is 370 g/mol. The molecule has 0 saturated heterocycles. The molecule has 2 aromatic carbocycles. The van der Waals surface area contributed by atoms with E-state index >= 15 is 0 Å². The number of benzene rings is 2. The Labute approximate surface area is 159 Å². The van der Waals surface area contributed by atoms with Crippen LogP contribution >= 0.6 is 0 Å². The molecule has 7 heteroatoms. The first-order valence-corrected chi connectivity index (χ1v) is 8.63. The molecule has 0 fully saturated rings. The van der Waals surface area contributed by atoms with Crippen molar-refractivity contribution in [2.24, 2.45) is 5.73 Å². The smallest absolute Gasteiger partial charge is 0.257 e. The molecule has 2 aliphatic rings. The van der Waals surface area contributed by atoms with Crippen LogP contribution in [-0.4, -0.2) is 17.9 Å². The molecule has 2 aliphatic heterocycles. The minimum atomic E-state index is -1.64. The fraction of sp³-hybridized carbons (Fsp3) is 0.0952. The molecular weight excluding hydrogens is 356 g/mol. The lowest BCUT2D eigenvalue weighted by Gasteiger charge is -2.33. The van der Waals surface area contributed by atoms with Gasteiger partial charge < -0.3 is 20.4 Å². The van der Waals surface area contributed by atoms with Gasteiger partial charge in [-0.1, -0.05) is 30.3 Å². The number of anilines is 1. The van der Waals surface area contributed by atoms with Gasteiger partial charge in [-0.25, -0.2) is 0 Å². The van der Waals surface area contributed by atoms with E-state index in [0.717, 1.165) is 0 Å². The van der Waals surface area contributed by atoms with Crippen LogP contribution < -0.4 is 20.9 Å². The first kappa shape index (κ1) is 16.1. The number of aromatic nitrogens is 1. The summed E-state index contributed by atoms with van der Waals surface area (Å²) < 4.78 is 5.76. The van der Waals surface area contributed by atoms with Crippen molar-refractivity contribution < 1.29 is 9.53 Å². The van der Waals surface area contributed by atoms with Crippen molar-refractivity contribution in [1.82, 2.24) is 4.98 Å². The van der Waals surface area contributed by atoms with Gasteiger partial charge in [0.05, 0.1) is 11.1 Å². The van der Waals surface area contributed by atoms with Gasteiger partial charge in [-0.3, -0.25) is 9.59 Å². The summed E-state index contributed by atoms with van der Waals surface area (Å²) in [5, 5.41) is 10.5. The molecule has 7 nitrogen and oxygen atoms in total. The molecule has 3 aromatic rings. The number of carbonyl (C=O) groups is 1. The summed E-state index contributed by atoms with van der Waals surface area (Å²) >= 11 is 0. The van der Waals surface area contributed by atoms with Crippen LogP contribution in [0.4, 0.5) is 5.69 Å². The molecule has 1 aromatic heterocycles. The summed E-state index contributed by atoms with van der Waals surface area (Å²) in [6.07, 6.45) is 0. The number of para-hydroxylation sites is 2. The van der Waals surface area contributed by atoms with E-state index in [9.17, 15) is 14.9 Å². The van der Waals surface area contributed by atoms with Crippen molar-refractivity contribution in [2.45, 2.75) is 5.41 Å². The van der Waals surface area contributed by atoms with Gasteiger partial charge >= 0.3 is 0 Å². The third kappa shape index (κ3) is 1.67. The topological polar surface area (TPSA) is 112 Å². The van der Waals surface area contributed by atoms with Gasteiger partial charge in [-0.15, -0.1) is 0 Å². The zero-order valence-corrected chi connectivity index (χ0v) is 14.8.